The molecule has 1 aliphatic heterocycles. The maximum Gasteiger partial charge on any atom is 0.243 e. The fourth-order valence-corrected chi connectivity index (χ4v) is 5.91. The Hall–Kier alpha value is -3.04. The van der Waals surface area contributed by atoms with Crippen molar-refractivity contribution in [1.82, 2.24) is 14.2 Å². The van der Waals surface area contributed by atoms with Crippen LogP contribution in [-0.2, 0) is 21.4 Å². The Labute approximate surface area is 200 Å². The number of ether oxygens (including phenoxy) is 2. The Morgan fingerprint density at radius 2 is 1.76 bits per heavy atom. The van der Waals surface area contributed by atoms with Crippen LogP contribution < -0.4 is 14.8 Å². The lowest BCUT2D eigenvalue weighted by Gasteiger charge is -2.30. The SMILES string of the molecule is COc1ccc(S(=O)(=O)N2CCC(C(=O)NCCCn3ccc4ccccc43)CC2)cc1OC. The summed E-state index contributed by atoms with van der Waals surface area (Å²) in [5.74, 6) is 0.664. The molecule has 1 fully saturated rings. The summed E-state index contributed by atoms with van der Waals surface area (Å²) in [5, 5.41) is 4.23. The molecule has 9 heteroatoms. The van der Waals surface area contributed by atoms with Crippen LogP contribution in [0.5, 0.6) is 11.5 Å². The van der Waals surface area contributed by atoms with E-state index in [1.165, 1.54) is 41.6 Å². The first-order chi connectivity index (χ1) is 16.4. The highest BCUT2D eigenvalue weighted by molar-refractivity contribution is 7.89. The predicted molar refractivity (Wildman–Crippen MR) is 131 cm³/mol. The van der Waals surface area contributed by atoms with Gasteiger partial charge in [0.15, 0.2) is 11.5 Å². The van der Waals surface area contributed by atoms with E-state index in [9.17, 15) is 13.2 Å². The number of nitrogens with zero attached hydrogens (tertiary/aromatic N) is 2. The molecule has 0 saturated carbocycles. The number of para-hydroxylation sites is 1. The van der Waals surface area contributed by atoms with Crippen LogP contribution in [0.15, 0.2) is 59.6 Å². The molecule has 1 aromatic heterocycles. The van der Waals surface area contributed by atoms with Crippen molar-refractivity contribution in [2.45, 2.75) is 30.7 Å². The first-order valence-electron chi connectivity index (χ1n) is 11.5. The monoisotopic (exact) mass is 485 g/mol. The van der Waals surface area contributed by atoms with Crippen LogP contribution >= 0.6 is 0 Å². The molecule has 2 aromatic carbocycles. The molecular weight excluding hydrogens is 454 g/mol. The Morgan fingerprint density at radius 1 is 1.03 bits per heavy atom. The Bertz CT molecular complexity index is 1250. The maximum atomic E-state index is 13.1. The second-order valence-electron chi connectivity index (χ2n) is 8.41. The number of nitrogens with one attached hydrogen (secondary N) is 1. The number of hydrogen-bond acceptors (Lipinski definition) is 5. The average molecular weight is 486 g/mol. The minimum absolute atomic E-state index is 0.000490. The van der Waals surface area contributed by atoms with Crippen LogP contribution in [0.3, 0.4) is 0 Å². The quantitative estimate of drug-likeness (QED) is 0.470. The standard InChI is InChI=1S/C25H31N3O5S/c1-32-23-9-8-21(18-24(23)33-2)34(30,31)28-16-11-20(12-17-28)25(29)26-13-5-14-27-15-10-19-6-3-4-7-22(19)27/h3-4,6-10,15,18,20H,5,11-14,16-17H2,1-2H3,(H,26,29). The van der Waals surface area contributed by atoms with E-state index in [2.05, 4.69) is 34.3 Å². The van der Waals surface area contributed by atoms with Gasteiger partial charge in [-0.15, -0.1) is 0 Å². The summed E-state index contributed by atoms with van der Waals surface area (Å²) in [6.45, 7) is 2.04. The van der Waals surface area contributed by atoms with E-state index >= 15 is 0 Å². The van der Waals surface area contributed by atoms with Crippen molar-refractivity contribution < 1.29 is 22.7 Å². The van der Waals surface area contributed by atoms with Crippen LogP contribution in [0.25, 0.3) is 10.9 Å². The lowest BCUT2D eigenvalue weighted by atomic mass is 9.97. The van der Waals surface area contributed by atoms with Crippen LogP contribution in [0.1, 0.15) is 19.3 Å². The first-order valence-corrected chi connectivity index (χ1v) is 12.9. The molecule has 0 spiro atoms. The number of aryl methyl sites for hydroxylation is 1. The van der Waals surface area contributed by atoms with Gasteiger partial charge >= 0.3 is 0 Å². The number of aromatic nitrogens is 1. The van der Waals surface area contributed by atoms with Gasteiger partial charge in [-0.1, -0.05) is 18.2 Å². The zero-order valence-corrected chi connectivity index (χ0v) is 20.4. The molecule has 0 radical (unpaired) electrons. The highest BCUT2D eigenvalue weighted by Crippen LogP contribution is 2.32. The summed E-state index contributed by atoms with van der Waals surface area (Å²) >= 11 is 0. The number of piperidine rings is 1. The van der Waals surface area contributed by atoms with E-state index in [1.807, 2.05) is 12.1 Å². The van der Waals surface area contributed by atoms with Gasteiger partial charge in [0.25, 0.3) is 0 Å². The summed E-state index contributed by atoms with van der Waals surface area (Å²) in [6, 6.07) is 14.9. The minimum Gasteiger partial charge on any atom is -0.493 e. The minimum atomic E-state index is -3.67. The van der Waals surface area contributed by atoms with Crippen molar-refractivity contribution in [2.24, 2.45) is 5.92 Å². The molecule has 34 heavy (non-hydrogen) atoms. The summed E-state index contributed by atoms with van der Waals surface area (Å²) in [4.78, 5) is 12.8. The number of benzene rings is 2. The molecule has 0 bridgehead atoms. The van der Waals surface area contributed by atoms with E-state index in [0.717, 1.165) is 13.0 Å². The van der Waals surface area contributed by atoms with Gasteiger partial charge in [0.1, 0.15) is 0 Å². The molecule has 1 saturated heterocycles. The van der Waals surface area contributed by atoms with Crippen molar-refractivity contribution in [3.63, 3.8) is 0 Å². The number of fused-ring (bicyclic) bond motifs is 1. The lowest BCUT2D eigenvalue weighted by molar-refractivity contribution is -0.126. The smallest absolute Gasteiger partial charge is 0.243 e. The topological polar surface area (TPSA) is 89.9 Å². The predicted octanol–water partition coefficient (Wildman–Crippen LogP) is 3.27. The van der Waals surface area contributed by atoms with Crippen LogP contribution in [0.4, 0.5) is 0 Å². The van der Waals surface area contributed by atoms with E-state index in [1.54, 1.807) is 6.07 Å². The van der Waals surface area contributed by atoms with Gasteiger partial charge in [-0.05, 0) is 48.9 Å². The van der Waals surface area contributed by atoms with Crippen molar-refractivity contribution in [2.75, 3.05) is 33.9 Å². The fraction of sp³-hybridized carbons (Fsp3) is 0.400. The number of amides is 1. The number of rotatable bonds is 9. The van der Waals surface area contributed by atoms with Crippen LogP contribution in [0, 0.1) is 5.92 Å². The third-order valence-electron chi connectivity index (χ3n) is 6.37. The molecule has 0 unspecified atom stereocenters. The van der Waals surface area contributed by atoms with Crippen LogP contribution in [0.2, 0.25) is 0 Å². The van der Waals surface area contributed by atoms with E-state index < -0.39 is 10.0 Å². The number of methoxy groups -OCH3 is 2. The van der Waals surface area contributed by atoms with E-state index in [0.29, 0.717) is 44.0 Å². The van der Waals surface area contributed by atoms with Gasteiger partial charge in [-0.2, -0.15) is 4.31 Å². The Morgan fingerprint density at radius 3 is 2.50 bits per heavy atom. The molecule has 2 heterocycles. The molecule has 1 aliphatic rings. The summed E-state index contributed by atoms with van der Waals surface area (Å²) in [5.41, 5.74) is 1.19. The fourth-order valence-electron chi connectivity index (χ4n) is 4.43. The van der Waals surface area contributed by atoms with Gasteiger partial charge in [-0.25, -0.2) is 8.42 Å². The number of carbonyl (C=O) groups is 1. The number of carbonyl (C=O) groups excluding carboxylic acids is 1. The third-order valence-corrected chi connectivity index (χ3v) is 8.27. The lowest BCUT2D eigenvalue weighted by Crippen LogP contribution is -2.43. The maximum absolute atomic E-state index is 13.1. The molecule has 1 amide bonds. The van der Waals surface area contributed by atoms with Gasteiger partial charge in [0, 0.05) is 49.9 Å². The van der Waals surface area contributed by atoms with Crippen molar-refractivity contribution in [3.05, 3.63) is 54.7 Å². The third kappa shape index (κ3) is 5.05. The molecule has 3 aromatic rings. The van der Waals surface area contributed by atoms with Gasteiger partial charge in [0.05, 0.1) is 19.1 Å². The Kier molecular flexibility index (Phi) is 7.43. The highest BCUT2D eigenvalue weighted by Gasteiger charge is 2.32. The molecule has 1 N–H and O–H groups in total. The molecule has 0 aliphatic carbocycles. The highest BCUT2D eigenvalue weighted by atomic mass is 32.2. The van der Waals surface area contributed by atoms with E-state index in [-0.39, 0.29) is 16.7 Å². The number of sulfonamides is 1. The summed E-state index contributed by atoms with van der Waals surface area (Å²) < 4.78 is 40.2. The molecule has 4 rings (SSSR count). The zero-order valence-electron chi connectivity index (χ0n) is 19.6. The largest absolute Gasteiger partial charge is 0.493 e. The molecular formula is C25H31N3O5S. The zero-order chi connectivity index (χ0) is 24.1. The number of hydrogen-bond donors (Lipinski definition) is 1. The Balaban J connectivity index is 1.26. The molecule has 0 atom stereocenters. The molecule has 8 nitrogen and oxygen atoms in total. The summed E-state index contributed by atoms with van der Waals surface area (Å²) in [7, 11) is -0.694. The van der Waals surface area contributed by atoms with Gasteiger partial charge < -0.3 is 19.4 Å². The van der Waals surface area contributed by atoms with E-state index in [4.69, 9.17) is 9.47 Å². The molecule has 182 valence electrons. The first kappa shape index (κ1) is 24.1. The second kappa shape index (κ2) is 10.5. The van der Waals surface area contributed by atoms with Crippen molar-refractivity contribution in [1.29, 1.82) is 0 Å². The normalized spacial score (nSPS) is 15.4. The second-order valence-corrected chi connectivity index (χ2v) is 10.3. The van der Waals surface area contributed by atoms with Gasteiger partial charge in [0.2, 0.25) is 15.9 Å². The van der Waals surface area contributed by atoms with Crippen molar-refractivity contribution in [3.8, 4) is 11.5 Å². The summed E-state index contributed by atoms with van der Waals surface area (Å²) in [6.07, 6.45) is 3.90. The van der Waals surface area contributed by atoms with Crippen LogP contribution in [-0.4, -0.2) is 57.1 Å². The van der Waals surface area contributed by atoms with Gasteiger partial charge in [-0.3, -0.25) is 4.79 Å². The van der Waals surface area contributed by atoms with Crippen molar-refractivity contribution >= 4 is 26.8 Å². The average Bonchev–Trinajstić information content (AvgIpc) is 3.29.